The normalized spacial score (nSPS) is 16.1. The first-order chi connectivity index (χ1) is 10.1. The highest BCUT2D eigenvalue weighted by atomic mass is 35.5. The summed E-state index contributed by atoms with van der Waals surface area (Å²) in [7, 11) is 1.60. The van der Waals surface area contributed by atoms with Crippen LogP contribution in [0.15, 0.2) is 18.2 Å². The molecule has 1 saturated heterocycles. The van der Waals surface area contributed by atoms with Gasteiger partial charge in [-0.05, 0) is 31.1 Å². The number of anilines is 1. The van der Waals surface area contributed by atoms with E-state index in [0.29, 0.717) is 35.6 Å². The van der Waals surface area contributed by atoms with Crippen molar-refractivity contribution in [2.45, 2.75) is 6.92 Å². The van der Waals surface area contributed by atoms with E-state index in [1.807, 2.05) is 6.92 Å². The van der Waals surface area contributed by atoms with E-state index in [-0.39, 0.29) is 11.8 Å². The van der Waals surface area contributed by atoms with Crippen LogP contribution in [0.25, 0.3) is 0 Å². The maximum Gasteiger partial charge on any atom is 0.227 e. The molecule has 2 N–H and O–H groups in total. The Morgan fingerprint density at radius 3 is 2.86 bits per heavy atom. The lowest BCUT2D eigenvalue weighted by Gasteiger charge is -2.31. The van der Waals surface area contributed by atoms with Crippen LogP contribution in [-0.4, -0.2) is 39.3 Å². The first-order valence-corrected chi connectivity index (χ1v) is 7.43. The summed E-state index contributed by atoms with van der Waals surface area (Å²) in [6.07, 6.45) is 0. The van der Waals surface area contributed by atoms with Gasteiger partial charge in [0.1, 0.15) is 6.61 Å². The molecule has 6 heteroatoms. The van der Waals surface area contributed by atoms with E-state index in [4.69, 9.17) is 21.1 Å². The van der Waals surface area contributed by atoms with Crippen molar-refractivity contribution < 1.29 is 14.3 Å². The predicted octanol–water partition coefficient (Wildman–Crippen LogP) is 2.16. The molecule has 0 aromatic heterocycles. The molecule has 1 aliphatic rings. The Labute approximate surface area is 130 Å². The van der Waals surface area contributed by atoms with Crippen molar-refractivity contribution in [3.63, 3.8) is 0 Å². The van der Waals surface area contributed by atoms with Gasteiger partial charge in [-0.2, -0.15) is 0 Å². The number of carbonyl (C=O) groups excluding carboxylic acids is 1. The average Bonchev–Trinajstić information content (AvgIpc) is 2.40. The van der Waals surface area contributed by atoms with Crippen molar-refractivity contribution in [2.75, 3.05) is 38.7 Å². The second-order valence-electron chi connectivity index (χ2n) is 5.15. The van der Waals surface area contributed by atoms with Gasteiger partial charge in [-0.15, -0.1) is 0 Å². The Bertz CT molecular complexity index is 492. The lowest BCUT2D eigenvalue weighted by atomic mass is 9.88. The van der Waals surface area contributed by atoms with Gasteiger partial charge in [-0.1, -0.05) is 24.6 Å². The number of ether oxygens (including phenoxy) is 2. The molecule has 0 radical (unpaired) electrons. The standard InChI is InChI=1S/C15H21ClN2O3/c1-10(11-8-17-9-11)15(19)18-13-5-3-4-12(16)14(13)21-7-6-20-2/h3-5,10-11,17H,6-9H2,1-2H3,(H,18,19). The van der Waals surface area contributed by atoms with Gasteiger partial charge in [0.15, 0.2) is 5.75 Å². The molecule has 1 aliphatic heterocycles. The second-order valence-corrected chi connectivity index (χ2v) is 5.56. The Balaban J connectivity index is 2.04. The zero-order valence-corrected chi connectivity index (χ0v) is 13.1. The molecular weight excluding hydrogens is 292 g/mol. The van der Waals surface area contributed by atoms with Crippen LogP contribution in [0.4, 0.5) is 5.69 Å². The maximum atomic E-state index is 12.3. The van der Waals surface area contributed by atoms with Crippen LogP contribution in [0.3, 0.4) is 0 Å². The first kappa shape index (κ1) is 16.1. The first-order valence-electron chi connectivity index (χ1n) is 7.05. The van der Waals surface area contributed by atoms with Crippen LogP contribution in [-0.2, 0) is 9.53 Å². The minimum atomic E-state index is -0.0444. The smallest absolute Gasteiger partial charge is 0.227 e. The number of hydrogen-bond acceptors (Lipinski definition) is 4. The topological polar surface area (TPSA) is 59.6 Å². The van der Waals surface area contributed by atoms with Gasteiger partial charge in [0, 0.05) is 13.0 Å². The van der Waals surface area contributed by atoms with Crippen molar-refractivity contribution in [1.29, 1.82) is 0 Å². The van der Waals surface area contributed by atoms with Gasteiger partial charge >= 0.3 is 0 Å². The molecule has 1 fully saturated rings. The number of nitrogens with one attached hydrogen (secondary N) is 2. The Morgan fingerprint density at radius 2 is 2.24 bits per heavy atom. The number of amides is 1. The Morgan fingerprint density at radius 1 is 1.48 bits per heavy atom. The van der Waals surface area contributed by atoms with Crippen molar-refractivity contribution in [1.82, 2.24) is 5.32 Å². The second kappa shape index (κ2) is 7.64. The summed E-state index contributed by atoms with van der Waals surface area (Å²) in [6, 6.07) is 5.31. The molecule has 21 heavy (non-hydrogen) atoms. The summed E-state index contributed by atoms with van der Waals surface area (Å²) in [5.74, 6) is 0.822. The molecule has 1 aromatic rings. The summed E-state index contributed by atoms with van der Waals surface area (Å²) in [5, 5.41) is 6.56. The van der Waals surface area contributed by atoms with Gasteiger partial charge in [-0.25, -0.2) is 0 Å². The van der Waals surface area contributed by atoms with Crippen LogP contribution in [0.2, 0.25) is 5.02 Å². The zero-order chi connectivity index (χ0) is 15.2. The summed E-state index contributed by atoms with van der Waals surface area (Å²) in [4.78, 5) is 12.3. The third-order valence-corrected chi connectivity index (χ3v) is 3.99. The molecule has 0 spiro atoms. The summed E-state index contributed by atoms with van der Waals surface area (Å²) < 4.78 is 10.6. The molecule has 0 aliphatic carbocycles. The molecular formula is C15H21ClN2O3. The molecule has 0 saturated carbocycles. The number of rotatable bonds is 7. The van der Waals surface area contributed by atoms with Crippen LogP contribution in [0.5, 0.6) is 5.75 Å². The monoisotopic (exact) mass is 312 g/mol. The lowest BCUT2D eigenvalue weighted by molar-refractivity contribution is -0.121. The number of hydrogen-bond donors (Lipinski definition) is 2. The van der Waals surface area contributed by atoms with Crippen LogP contribution in [0.1, 0.15) is 6.92 Å². The molecule has 1 aromatic carbocycles. The number of carbonyl (C=O) groups is 1. The molecule has 1 amide bonds. The molecule has 1 heterocycles. The highest BCUT2D eigenvalue weighted by Crippen LogP contribution is 2.33. The molecule has 116 valence electrons. The van der Waals surface area contributed by atoms with Crippen LogP contribution in [0, 0.1) is 11.8 Å². The fraction of sp³-hybridized carbons (Fsp3) is 0.533. The van der Waals surface area contributed by atoms with E-state index in [0.717, 1.165) is 13.1 Å². The summed E-state index contributed by atoms with van der Waals surface area (Å²) >= 11 is 6.15. The highest BCUT2D eigenvalue weighted by Gasteiger charge is 2.29. The minimum absolute atomic E-state index is 0.0136. The molecule has 0 bridgehead atoms. The van der Waals surface area contributed by atoms with E-state index in [9.17, 15) is 4.79 Å². The van der Waals surface area contributed by atoms with Gasteiger partial charge in [0.25, 0.3) is 0 Å². The van der Waals surface area contributed by atoms with Crippen molar-refractivity contribution in [3.8, 4) is 5.75 Å². The third-order valence-electron chi connectivity index (χ3n) is 3.69. The minimum Gasteiger partial charge on any atom is -0.487 e. The van der Waals surface area contributed by atoms with E-state index < -0.39 is 0 Å². The van der Waals surface area contributed by atoms with Crippen molar-refractivity contribution >= 4 is 23.2 Å². The van der Waals surface area contributed by atoms with E-state index in [1.54, 1.807) is 25.3 Å². The molecule has 1 atom stereocenters. The van der Waals surface area contributed by atoms with Crippen molar-refractivity contribution in [2.24, 2.45) is 11.8 Å². The molecule has 2 rings (SSSR count). The van der Waals surface area contributed by atoms with Gasteiger partial charge in [-0.3, -0.25) is 4.79 Å². The summed E-state index contributed by atoms with van der Waals surface area (Å²) in [5.41, 5.74) is 0.600. The third kappa shape index (κ3) is 4.09. The number of halogens is 1. The van der Waals surface area contributed by atoms with Gasteiger partial charge < -0.3 is 20.1 Å². The number of para-hydroxylation sites is 1. The van der Waals surface area contributed by atoms with Crippen LogP contribution >= 0.6 is 11.6 Å². The molecule has 1 unspecified atom stereocenters. The maximum absolute atomic E-state index is 12.3. The number of benzene rings is 1. The predicted molar refractivity (Wildman–Crippen MR) is 83.0 cm³/mol. The Hall–Kier alpha value is -1.30. The summed E-state index contributed by atoms with van der Waals surface area (Å²) in [6.45, 7) is 4.56. The number of methoxy groups -OCH3 is 1. The van der Waals surface area contributed by atoms with Crippen LogP contribution < -0.4 is 15.4 Å². The highest BCUT2D eigenvalue weighted by molar-refractivity contribution is 6.32. The van der Waals surface area contributed by atoms with E-state index in [2.05, 4.69) is 10.6 Å². The van der Waals surface area contributed by atoms with Gasteiger partial charge in [0.05, 0.1) is 17.3 Å². The zero-order valence-electron chi connectivity index (χ0n) is 12.3. The fourth-order valence-electron chi connectivity index (χ4n) is 2.11. The van der Waals surface area contributed by atoms with Gasteiger partial charge in [0.2, 0.25) is 5.91 Å². The quantitative estimate of drug-likeness (QED) is 0.758. The van der Waals surface area contributed by atoms with E-state index in [1.165, 1.54) is 0 Å². The average molecular weight is 313 g/mol. The Kier molecular flexibility index (Phi) is 5.85. The molecule has 5 nitrogen and oxygen atoms in total. The van der Waals surface area contributed by atoms with Crippen molar-refractivity contribution in [3.05, 3.63) is 23.2 Å². The largest absolute Gasteiger partial charge is 0.487 e. The SMILES string of the molecule is COCCOc1c(Cl)cccc1NC(=O)C(C)C1CNC1. The van der Waals surface area contributed by atoms with E-state index >= 15 is 0 Å². The lowest BCUT2D eigenvalue weighted by Crippen LogP contribution is -2.48. The fourth-order valence-corrected chi connectivity index (χ4v) is 2.34.